The Balaban J connectivity index is 1.74. The second-order valence-corrected chi connectivity index (χ2v) is 8.05. The zero-order valence-corrected chi connectivity index (χ0v) is 16.8. The lowest BCUT2D eigenvalue weighted by atomic mass is 9.69. The van der Waals surface area contributed by atoms with Gasteiger partial charge in [0.05, 0.1) is 12.1 Å². The molecule has 144 valence electrons. The molecule has 0 fully saturated rings. The van der Waals surface area contributed by atoms with Crippen LogP contribution >= 0.6 is 23.2 Å². The fourth-order valence-corrected chi connectivity index (χ4v) is 4.81. The third-order valence-electron chi connectivity index (χ3n) is 5.61. The third-order valence-corrected chi connectivity index (χ3v) is 6.17. The van der Waals surface area contributed by atoms with Crippen molar-refractivity contribution in [1.82, 2.24) is 0 Å². The van der Waals surface area contributed by atoms with Crippen LogP contribution in [0, 0.1) is 0 Å². The highest BCUT2D eigenvalue weighted by Gasteiger charge is 2.60. The molecule has 1 spiro atoms. The zero-order valence-electron chi connectivity index (χ0n) is 15.3. The van der Waals surface area contributed by atoms with E-state index in [9.17, 15) is 4.79 Å². The zero-order chi connectivity index (χ0) is 20.0. The van der Waals surface area contributed by atoms with Crippen molar-refractivity contribution >= 4 is 29.0 Å². The maximum atomic E-state index is 13.9. The molecule has 0 unspecified atom stereocenters. The first-order valence-corrected chi connectivity index (χ1v) is 10.1. The average molecular weight is 423 g/mol. The molecule has 0 bridgehead atoms. The maximum absolute atomic E-state index is 13.9. The van der Waals surface area contributed by atoms with Gasteiger partial charge in [0.25, 0.3) is 0 Å². The minimum absolute atomic E-state index is 0.106. The first-order chi connectivity index (χ1) is 14.1. The highest BCUT2D eigenvalue weighted by molar-refractivity contribution is 6.35. The number of carbonyl (C=O) groups is 1. The van der Waals surface area contributed by atoms with Gasteiger partial charge in [-0.25, -0.2) is 0 Å². The van der Waals surface area contributed by atoms with Gasteiger partial charge in [0.1, 0.15) is 5.75 Å². The molecule has 3 aromatic rings. The molecule has 6 heteroatoms. The Labute approximate surface area is 178 Å². The monoisotopic (exact) mass is 422 g/mol. The molecule has 0 radical (unpaired) electrons. The number of ether oxygens (including phenoxy) is 1. The number of hydrogen-bond donors (Lipinski definition) is 0. The van der Waals surface area contributed by atoms with Crippen LogP contribution in [0.15, 0.2) is 83.0 Å². The molecule has 4 nitrogen and oxygen atoms in total. The minimum atomic E-state index is -1.23. The molecular weight excluding hydrogens is 407 g/mol. The molecule has 0 N–H and O–H groups in total. The van der Waals surface area contributed by atoms with Gasteiger partial charge in [0.15, 0.2) is 11.6 Å². The lowest BCUT2D eigenvalue weighted by Crippen LogP contribution is -2.51. The van der Waals surface area contributed by atoms with Gasteiger partial charge >= 0.3 is 0 Å². The standard InChI is InChI=1S/C23H16Cl2N2O2/c24-15-10-11-16(19(25)12-15)18-13-26-27-23(18)21(28)17-8-4-5-9-20(17)29-22(23)14-6-2-1-3-7-14/h1-12,18,22H,13H2/t18-,22-,23+/m0/s1. The van der Waals surface area contributed by atoms with Crippen LogP contribution in [0.3, 0.4) is 0 Å². The Bertz CT molecular complexity index is 1130. The fraction of sp³-hybridized carbons (Fsp3) is 0.174. The number of benzene rings is 3. The Kier molecular flexibility index (Phi) is 4.41. The lowest BCUT2D eigenvalue weighted by Gasteiger charge is -2.41. The smallest absolute Gasteiger partial charge is 0.200 e. The van der Waals surface area contributed by atoms with Crippen LogP contribution in [0.5, 0.6) is 5.75 Å². The fourth-order valence-electron chi connectivity index (χ4n) is 4.27. The summed E-state index contributed by atoms with van der Waals surface area (Å²) in [5.74, 6) is 0.0869. The van der Waals surface area contributed by atoms with Crippen LogP contribution in [-0.2, 0) is 0 Å². The van der Waals surface area contributed by atoms with Gasteiger partial charge in [0, 0.05) is 16.0 Å². The summed E-state index contributed by atoms with van der Waals surface area (Å²) in [4.78, 5) is 13.9. The van der Waals surface area contributed by atoms with Crippen LogP contribution in [0.25, 0.3) is 0 Å². The van der Waals surface area contributed by atoms with E-state index in [1.807, 2.05) is 54.6 Å². The quantitative estimate of drug-likeness (QED) is 0.486. The van der Waals surface area contributed by atoms with Crippen molar-refractivity contribution in [2.45, 2.75) is 17.6 Å². The largest absolute Gasteiger partial charge is 0.482 e. The summed E-state index contributed by atoms with van der Waals surface area (Å²) in [5, 5.41) is 9.89. The van der Waals surface area contributed by atoms with E-state index in [2.05, 4.69) is 10.2 Å². The lowest BCUT2D eigenvalue weighted by molar-refractivity contribution is 0.0522. The predicted molar refractivity (Wildman–Crippen MR) is 112 cm³/mol. The van der Waals surface area contributed by atoms with Crippen molar-refractivity contribution in [3.8, 4) is 5.75 Å². The van der Waals surface area contributed by atoms with Crippen molar-refractivity contribution in [3.05, 3.63) is 99.5 Å². The van der Waals surface area contributed by atoms with E-state index in [4.69, 9.17) is 27.9 Å². The number of halogens is 2. The predicted octanol–water partition coefficient (Wildman–Crippen LogP) is 6.30. The Hall–Kier alpha value is -2.69. The van der Waals surface area contributed by atoms with Gasteiger partial charge in [-0.3, -0.25) is 4.79 Å². The van der Waals surface area contributed by atoms with Crippen LogP contribution < -0.4 is 4.74 Å². The van der Waals surface area contributed by atoms with E-state index in [-0.39, 0.29) is 11.7 Å². The summed E-state index contributed by atoms with van der Waals surface area (Å²) in [5.41, 5.74) is 0.938. The molecule has 0 aliphatic carbocycles. The summed E-state index contributed by atoms with van der Waals surface area (Å²) < 4.78 is 6.40. The summed E-state index contributed by atoms with van der Waals surface area (Å²) >= 11 is 12.6. The molecule has 3 aromatic carbocycles. The third kappa shape index (κ3) is 2.78. The Morgan fingerprint density at radius 3 is 2.52 bits per heavy atom. The van der Waals surface area contributed by atoms with Crippen LogP contribution in [-0.4, -0.2) is 17.9 Å². The molecule has 0 saturated carbocycles. The van der Waals surface area contributed by atoms with Crippen LogP contribution in [0.4, 0.5) is 0 Å². The summed E-state index contributed by atoms with van der Waals surface area (Å²) in [6, 6.07) is 22.2. The number of ketones is 1. The van der Waals surface area contributed by atoms with Gasteiger partial charge in [-0.2, -0.15) is 10.2 Å². The minimum Gasteiger partial charge on any atom is -0.482 e. The first-order valence-electron chi connectivity index (χ1n) is 9.30. The number of Topliss-reactive ketones (excluding diaryl/α,β-unsaturated/α-hetero) is 1. The number of para-hydroxylation sites is 1. The van der Waals surface area contributed by atoms with Crippen LogP contribution in [0.1, 0.15) is 33.5 Å². The van der Waals surface area contributed by atoms with E-state index >= 15 is 0 Å². The normalized spacial score (nSPS) is 25.1. The molecule has 2 aliphatic rings. The van der Waals surface area contributed by atoms with Gasteiger partial charge in [-0.05, 0) is 35.4 Å². The molecule has 5 rings (SSSR count). The van der Waals surface area contributed by atoms with E-state index in [0.29, 0.717) is 27.9 Å². The van der Waals surface area contributed by atoms with Gasteiger partial charge < -0.3 is 4.74 Å². The highest BCUT2D eigenvalue weighted by Crippen LogP contribution is 2.53. The van der Waals surface area contributed by atoms with Crippen molar-refractivity contribution in [1.29, 1.82) is 0 Å². The SMILES string of the molecule is O=C1c2ccccc2O[C@@H](c2ccccc2)[C@]12N=NC[C@H]2c1ccc(Cl)cc1Cl. The van der Waals surface area contributed by atoms with Crippen molar-refractivity contribution in [3.63, 3.8) is 0 Å². The van der Waals surface area contributed by atoms with Gasteiger partial charge in [-0.15, -0.1) is 0 Å². The van der Waals surface area contributed by atoms with Crippen molar-refractivity contribution in [2.75, 3.05) is 6.54 Å². The second kappa shape index (κ2) is 6.97. The van der Waals surface area contributed by atoms with E-state index in [1.165, 1.54) is 0 Å². The second-order valence-electron chi connectivity index (χ2n) is 7.20. The van der Waals surface area contributed by atoms with Crippen molar-refractivity contribution in [2.24, 2.45) is 10.2 Å². The molecule has 29 heavy (non-hydrogen) atoms. The summed E-state index contributed by atoms with van der Waals surface area (Å²) in [6.07, 6.45) is -0.617. The number of hydrogen-bond acceptors (Lipinski definition) is 4. The summed E-state index contributed by atoms with van der Waals surface area (Å²) in [7, 11) is 0. The van der Waals surface area contributed by atoms with Crippen LogP contribution in [0.2, 0.25) is 10.0 Å². The van der Waals surface area contributed by atoms with E-state index in [1.54, 1.807) is 18.2 Å². The molecule has 2 heterocycles. The number of carbonyl (C=O) groups excluding carboxylic acids is 1. The first kappa shape index (κ1) is 18.3. The number of nitrogens with zero attached hydrogens (tertiary/aromatic N) is 2. The number of fused-ring (bicyclic) bond motifs is 1. The topological polar surface area (TPSA) is 51.0 Å². The molecule has 2 aliphatic heterocycles. The van der Waals surface area contributed by atoms with E-state index in [0.717, 1.165) is 11.1 Å². The van der Waals surface area contributed by atoms with E-state index < -0.39 is 11.6 Å². The number of rotatable bonds is 2. The Morgan fingerprint density at radius 1 is 0.966 bits per heavy atom. The molecule has 0 saturated heterocycles. The highest BCUT2D eigenvalue weighted by atomic mass is 35.5. The Morgan fingerprint density at radius 2 is 1.72 bits per heavy atom. The van der Waals surface area contributed by atoms with Gasteiger partial charge in [0.2, 0.25) is 5.78 Å². The molecule has 0 aromatic heterocycles. The maximum Gasteiger partial charge on any atom is 0.200 e. The van der Waals surface area contributed by atoms with Crippen molar-refractivity contribution < 1.29 is 9.53 Å². The molecule has 3 atom stereocenters. The van der Waals surface area contributed by atoms with Gasteiger partial charge in [-0.1, -0.05) is 71.7 Å². The average Bonchev–Trinajstić information content (AvgIpc) is 3.17. The summed E-state index contributed by atoms with van der Waals surface area (Å²) in [6.45, 7) is 0.349. The molecule has 0 amide bonds. The molecular formula is C23H16Cl2N2O2. The number of azo groups is 1.